The molecule has 0 rings (SSSR count). The van der Waals surface area contributed by atoms with Crippen molar-refractivity contribution in [3.8, 4) is 0 Å². The summed E-state index contributed by atoms with van der Waals surface area (Å²) in [6.45, 7) is 7.00. The Labute approximate surface area is 243 Å². The van der Waals surface area contributed by atoms with E-state index in [0.29, 0.717) is 0 Å². The number of allylic oxidation sites excluding steroid dienone is 4. The Morgan fingerprint density at radius 2 is 0.553 bits per heavy atom. The number of rotatable bonds is 32. The summed E-state index contributed by atoms with van der Waals surface area (Å²) in [5.41, 5.74) is 0. The summed E-state index contributed by atoms with van der Waals surface area (Å²) in [7, 11) is 0. The van der Waals surface area contributed by atoms with Crippen LogP contribution in [0.1, 0.15) is 213 Å². The molecule has 0 N–H and O–H groups in total. The summed E-state index contributed by atoms with van der Waals surface area (Å²) in [5, 5.41) is 0. The van der Waals surface area contributed by atoms with E-state index in [1.807, 2.05) is 0 Å². The second-order valence-corrected chi connectivity index (χ2v) is 12.3. The largest absolute Gasteiger partial charge is 0.0885 e. The van der Waals surface area contributed by atoms with Crippen molar-refractivity contribution in [2.45, 2.75) is 213 Å². The van der Waals surface area contributed by atoms with Crippen LogP contribution in [0.25, 0.3) is 0 Å². The van der Waals surface area contributed by atoms with Crippen LogP contribution in [0, 0.1) is 5.92 Å². The smallest absolute Gasteiger partial charge is 0.0272 e. The van der Waals surface area contributed by atoms with Gasteiger partial charge in [0.05, 0.1) is 0 Å². The van der Waals surface area contributed by atoms with E-state index in [1.54, 1.807) is 5.92 Å². The minimum absolute atomic E-state index is 1.30. The molecule has 0 aliphatic rings. The van der Waals surface area contributed by atoms with Gasteiger partial charge in [-0.05, 0) is 70.1 Å². The lowest BCUT2D eigenvalue weighted by Crippen LogP contribution is -1.93. The summed E-state index contributed by atoms with van der Waals surface area (Å²) >= 11 is 0. The normalized spacial score (nSPS) is 12.1. The van der Waals surface area contributed by atoms with E-state index >= 15 is 0 Å². The molecule has 38 heavy (non-hydrogen) atoms. The van der Waals surface area contributed by atoms with Gasteiger partial charge in [0.2, 0.25) is 0 Å². The molecular formula is C38H73. The highest BCUT2D eigenvalue weighted by Gasteiger charge is 2.02. The predicted octanol–water partition coefficient (Wildman–Crippen LogP) is 14.4. The maximum Gasteiger partial charge on any atom is -0.0272 e. The first-order valence-electron chi connectivity index (χ1n) is 17.9. The fraction of sp³-hybridized carbons (Fsp3) is 0.868. The lowest BCUT2D eigenvalue weighted by molar-refractivity contribution is 0.550. The average molecular weight is 530 g/mol. The predicted molar refractivity (Wildman–Crippen MR) is 177 cm³/mol. The lowest BCUT2D eigenvalue weighted by atomic mass is 9.96. The molecule has 0 saturated heterocycles. The first kappa shape index (κ1) is 37.5. The van der Waals surface area contributed by atoms with Crippen LogP contribution in [0.2, 0.25) is 0 Å². The quantitative estimate of drug-likeness (QED) is 0.0600. The Balaban J connectivity index is 3.22. The van der Waals surface area contributed by atoms with Gasteiger partial charge in [-0.1, -0.05) is 173 Å². The zero-order valence-corrected chi connectivity index (χ0v) is 27.0. The van der Waals surface area contributed by atoms with Gasteiger partial charge in [0.15, 0.2) is 0 Å². The molecule has 0 nitrogen and oxygen atoms in total. The van der Waals surface area contributed by atoms with Gasteiger partial charge >= 0.3 is 0 Å². The van der Waals surface area contributed by atoms with Gasteiger partial charge in [-0.15, -0.1) is 0 Å². The van der Waals surface area contributed by atoms with Crippen molar-refractivity contribution in [1.29, 1.82) is 0 Å². The van der Waals surface area contributed by atoms with E-state index in [4.69, 9.17) is 0 Å². The SMILES string of the molecule is CCCCCCCC/C=C\CCCCCCCC[C](C)CCCCCCCC/C=C\CCCCCCCC. The molecule has 0 heteroatoms. The molecule has 0 aromatic heterocycles. The van der Waals surface area contributed by atoms with E-state index in [1.165, 1.54) is 193 Å². The molecule has 0 spiro atoms. The van der Waals surface area contributed by atoms with E-state index in [2.05, 4.69) is 45.1 Å². The molecule has 0 aliphatic heterocycles. The highest BCUT2D eigenvalue weighted by Crippen LogP contribution is 2.20. The molecule has 0 bridgehead atoms. The third-order valence-electron chi connectivity index (χ3n) is 8.23. The van der Waals surface area contributed by atoms with Crippen LogP contribution in [-0.4, -0.2) is 0 Å². The van der Waals surface area contributed by atoms with Crippen molar-refractivity contribution < 1.29 is 0 Å². The number of unbranched alkanes of at least 4 members (excludes halogenated alkanes) is 24. The molecule has 1 radical (unpaired) electrons. The Morgan fingerprint density at radius 3 is 0.842 bits per heavy atom. The number of hydrogen-bond acceptors (Lipinski definition) is 0. The van der Waals surface area contributed by atoms with E-state index in [-0.39, 0.29) is 0 Å². The molecule has 0 unspecified atom stereocenters. The highest BCUT2D eigenvalue weighted by atomic mass is 14.1. The van der Waals surface area contributed by atoms with Crippen molar-refractivity contribution >= 4 is 0 Å². The summed E-state index contributed by atoms with van der Waals surface area (Å²) in [6, 6.07) is 0. The Kier molecular flexibility index (Phi) is 34.0. The molecule has 0 amide bonds. The van der Waals surface area contributed by atoms with Crippen molar-refractivity contribution in [3.63, 3.8) is 0 Å². The van der Waals surface area contributed by atoms with Crippen LogP contribution >= 0.6 is 0 Å². The maximum absolute atomic E-state index is 2.44. The summed E-state index contributed by atoms with van der Waals surface area (Å²) in [5.74, 6) is 1.76. The van der Waals surface area contributed by atoms with Gasteiger partial charge in [-0.25, -0.2) is 0 Å². The summed E-state index contributed by atoms with van der Waals surface area (Å²) in [4.78, 5) is 0. The topological polar surface area (TPSA) is 0 Å². The Bertz CT molecular complexity index is 417. The van der Waals surface area contributed by atoms with Gasteiger partial charge < -0.3 is 0 Å². The van der Waals surface area contributed by atoms with Crippen molar-refractivity contribution in [2.75, 3.05) is 0 Å². The second kappa shape index (κ2) is 34.5. The molecule has 0 atom stereocenters. The zero-order valence-electron chi connectivity index (χ0n) is 27.0. The summed E-state index contributed by atoms with van der Waals surface area (Å²) in [6.07, 6.45) is 51.9. The van der Waals surface area contributed by atoms with E-state index in [0.717, 1.165) is 0 Å². The first-order chi connectivity index (χ1) is 18.8. The van der Waals surface area contributed by atoms with Gasteiger partial charge in [0.1, 0.15) is 0 Å². The fourth-order valence-corrected chi connectivity index (χ4v) is 5.47. The monoisotopic (exact) mass is 530 g/mol. The van der Waals surface area contributed by atoms with E-state index in [9.17, 15) is 0 Å². The van der Waals surface area contributed by atoms with E-state index < -0.39 is 0 Å². The standard InChI is InChI=1S/C38H73/c1-4-6-8-10-12-14-16-18-20-22-24-26-28-30-32-34-36-38(3)37-35-33-31-29-27-25-23-21-19-17-15-13-11-9-7-5-2/h18-21H,4-17,22-37H2,1-3H3/b20-18-,21-19-. The molecule has 0 fully saturated rings. The Hall–Kier alpha value is -0.520. The molecule has 0 aromatic rings. The molecule has 0 aliphatic carbocycles. The van der Waals surface area contributed by atoms with Gasteiger partial charge in [-0.3, -0.25) is 0 Å². The van der Waals surface area contributed by atoms with Crippen molar-refractivity contribution in [2.24, 2.45) is 0 Å². The van der Waals surface area contributed by atoms with Gasteiger partial charge in [0.25, 0.3) is 0 Å². The lowest BCUT2D eigenvalue weighted by Gasteiger charge is -2.10. The third-order valence-corrected chi connectivity index (χ3v) is 8.23. The van der Waals surface area contributed by atoms with Gasteiger partial charge in [0, 0.05) is 0 Å². The second-order valence-electron chi connectivity index (χ2n) is 12.3. The molecule has 0 saturated carbocycles. The van der Waals surface area contributed by atoms with Crippen LogP contribution < -0.4 is 0 Å². The highest BCUT2D eigenvalue weighted by molar-refractivity contribution is 4.84. The summed E-state index contributed by atoms with van der Waals surface area (Å²) < 4.78 is 0. The van der Waals surface area contributed by atoms with Crippen molar-refractivity contribution in [3.05, 3.63) is 30.2 Å². The number of hydrogen-bond donors (Lipinski definition) is 0. The molecular weight excluding hydrogens is 456 g/mol. The minimum atomic E-state index is 1.30. The van der Waals surface area contributed by atoms with Crippen LogP contribution in [0.3, 0.4) is 0 Å². The van der Waals surface area contributed by atoms with Gasteiger partial charge in [-0.2, -0.15) is 0 Å². The maximum atomic E-state index is 2.44. The third kappa shape index (κ3) is 33.5. The average Bonchev–Trinajstić information content (AvgIpc) is 2.92. The van der Waals surface area contributed by atoms with Crippen molar-refractivity contribution in [1.82, 2.24) is 0 Å². The zero-order chi connectivity index (χ0) is 27.6. The molecule has 0 aromatic carbocycles. The first-order valence-corrected chi connectivity index (χ1v) is 17.9. The Morgan fingerprint density at radius 1 is 0.316 bits per heavy atom. The van der Waals surface area contributed by atoms with Crippen LogP contribution in [0.5, 0.6) is 0 Å². The van der Waals surface area contributed by atoms with Crippen LogP contribution in [0.15, 0.2) is 24.3 Å². The molecule has 0 heterocycles. The minimum Gasteiger partial charge on any atom is -0.0885 e. The van der Waals surface area contributed by atoms with Crippen LogP contribution in [-0.2, 0) is 0 Å². The molecule has 225 valence electrons. The fourth-order valence-electron chi connectivity index (χ4n) is 5.47. The van der Waals surface area contributed by atoms with Crippen LogP contribution in [0.4, 0.5) is 0 Å².